The summed E-state index contributed by atoms with van der Waals surface area (Å²) in [4.78, 5) is 41.5. The predicted molar refractivity (Wildman–Crippen MR) is 140 cm³/mol. The summed E-state index contributed by atoms with van der Waals surface area (Å²) in [5.74, 6) is 1.77. The first-order valence-electron chi connectivity index (χ1n) is 12.6. The number of carbonyl (C=O) groups excluding carboxylic acids is 3. The number of hydrogen-bond acceptors (Lipinski definition) is 4. The van der Waals surface area contributed by atoms with Gasteiger partial charge in [0.25, 0.3) is 0 Å². The third-order valence-electron chi connectivity index (χ3n) is 5.40. The largest absolute Gasteiger partial charge is 0.444 e. The first-order valence-corrected chi connectivity index (χ1v) is 12.6. The van der Waals surface area contributed by atoms with E-state index in [0.717, 1.165) is 19.3 Å². The Morgan fingerprint density at radius 3 is 2.29 bits per heavy atom. The van der Waals surface area contributed by atoms with Crippen molar-refractivity contribution in [1.29, 1.82) is 0 Å². The van der Waals surface area contributed by atoms with Crippen LogP contribution in [0.15, 0.2) is 24.3 Å². The molecule has 0 heterocycles. The minimum absolute atomic E-state index is 0.231. The zero-order valence-corrected chi connectivity index (χ0v) is 22.4. The molecule has 7 nitrogen and oxygen atoms in total. The van der Waals surface area contributed by atoms with E-state index >= 15 is 0 Å². The lowest BCUT2D eigenvalue weighted by atomic mass is 9.95. The molecule has 3 amide bonds. The van der Waals surface area contributed by atoms with Gasteiger partial charge in [0.1, 0.15) is 17.7 Å². The normalized spacial score (nSPS) is 12.9. The van der Waals surface area contributed by atoms with Gasteiger partial charge in [0, 0.05) is 18.7 Å². The van der Waals surface area contributed by atoms with Crippen LogP contribution in [-0.4, -0.2) is 47.5 Å². The number of terminal acetylenes is 1. The van der Waals surface area contributed by atoms with Crippen LogP contribution in [0.2, 0.25) is 0 Å². The second kappa shape index (κ2) is 14.4. The molecule has 0 aliphatic heterocycles. The minimum atomic E-state index is -0.919. The zero-order chi connectivity index (χ0) is 26.6. The van der Waals surface area contributed by atoms with E-state index in [1.165, 1.54) is 4.90 Å². The third kappa shape index (κ3) is 9.64. The first kappa shape index (κ1) is 30.0. The second-order valence-electron chi connectivity index (χ2n) is 10.0. The molecular formula is C28H43N3O4. The van der Waals surface area contributed by atoms with Crippen LogP contribution in [0.3, 0.4) is 0 Å². The standard InChI is InChI=1S/C28H43N3O4/c1-9-12-15-18-29-25(32)24(22-17-14-13-16-21(22)11-3)31(19-10-2)26(33)23(20(4)5)30-27(34)35-28(6,7)8/h3,13-14,16-17,20,23-24H,9-10,12,15,18-19H2,1-2,4-8H3,(H,29,32)(H,30,34). The lowest BCUT2D eigenvalue weighted by Crippen LogP contribution is -2.55. The van der Waals surface area contributed by atoms with Gasteiger partial charge in [-0.05, 0) is 51.2 Å². The number of amides is 3. The van der Waals surface area contributed by atoms with Crippen molar-refractivity contribution in [3.05, 3.63) is 35.4 Å². The number of benzene rings is 1. The van der Waals surface area contributed by atoms with E-state index < -0.39 is 23.8 Å². The fraction of sp³-hybridized carbons (Fsp3) is 0.607. The summed E-state index contributed by atoms with van der Waals surface area (Å²) in [6.07, 6.45) is 8.58. The van der Waals surface area contributed by atoms with Crippen molar-refractivity contribution in [1.82, 2.24) is 15.5 Å². The SMILES string of the molecule is C#Cc1ccccc1C(C(=O)NCCCCC)N(CCC)C(=O)C(NC(=O)OC(C)(C)C)C(C)C. The van der Waals surface area contributed by atoms with Crippen molar-refractivity contribution in [3.8, 4) is 12.3 Å². The summed E-state index contributed by atoms with van der Waals surface area (Å²) >= 11 is 0. The van der Waals surface area contributed by atoms with E-state index in [1.54, 1.807) is 39.0 Å². The number of alkyl carbamates (subject to hydrolysis) is 1. The maximum Gasteiger partial charge on any atom is 0.408 e. The van der Waals surface area contributed by atoms with Gasteiger partial charge in [-0.25, -0.2) is 4.79 Å². The van der Waals surface area contributed by atoms with Gasteiger partial charge >= 0.3 is 6.09 Å². The smallest absolute Gasteiger partial charge is 0.408 e. The van der Waals surface area contributed by atoms with Gasteiger partial charge in [-0.2, -0.15) is 0 Å². The average Bonchev–Trinajstić information content (AvgIpc) is 2.78. The fourth-order valence-electron chi connectivity index (χ4n) is 3.73. The summed E-state index contributed by atoms with van der Waals surface area (Å²) in [6, 6.07) is 5.37. The van der Waals surface area contributed by atoms with E-state index in [-0.39, 0.29) is 17.7 Å². The molecular weight excluding hydrogens is 442 g/mol. The molecule has 2 N–H and O–H groups in total. The molecule has 0 saturated heterocycles. The van der Waals surface area contributed by atoms with Crippen molar-refractivity contribution in [2.75, 3.05) is 13.1 Å². The Hall–Kier alpha value is -3.01. The minimum Gasteiger partial charge on any atom is -0.444 e. The zero-order valence-electron chi connectivity index (χ0n) is 22.4. The van der Waals surface area contributed by atoms with Gasteiger partial charge in [-0.1, -0.05) is 64.7 Å². The molecule has 0 spiro atoms. The number of nitrogens with one attached hydrogen (secondary N) is 2. The molecule has 0 fully saturated rings. The van der Waals surface area contributed by atoms with Crippen LogP contribution in [-0.2, 0) is 14.3 Å². The topological polar surface area (TPSA) is 87.7 Å². The van der Waals surface area contributed by atoms with E-state index in [4.69, 9.17) is 11.2 Å². The van der Waals surface area contributed by atoms with E-state index in [9.17, 15) is 14.4 Å². The highest BCUT2D eigenvalue weighted by atomic mass is 16.6. The maximum atomic E-state index is 13.9. The highest BCUT2D eigenvalue weighted by Crippen LogP contribution is 2.27. The summed E-state index contributed by atoms with van der Waals surface area (Å²) in [6.45, 7) is 13.9. The lowest BCUT2D eigenvalue weighted by Gasteiger charge is -2.35. The van der Waals surface area contributed by atoms with Crippen LogP contribution in [0.5, 0.6) is 0 Å². The molecule has 0 saturated carbocycles. The van der Waals surface area contributed by atoms with Crippen LogP contribution in [0.4, 0.5) is 4.79 Å². The van der Waals surface area contributed by atoms with E-state index in [1.807, 2.05) is 26.8 Å². The van der Waals surface area contributed by atoms with Gasteiger partial charge in [0.2, 0.25) is 11.8 Å². The quantitative estimate of drug-likeness (QED) is 0.329. The molecule has 0 aliphatic carbocycles. The average molecular weight is 486 g/mol. The number of carbonyl (C=O) groups is 3. The van der Waals surface area contributed by atoms with Crippen LogP contribution < -0.4 is 10.6 Å². The van der Waals surface area contributed by atoms with Crippen LogP contribution >= 0.6 is 0 Å². The van der Waals surface area contributed by atoms with Gasteiger partial charge in [0.05, 0.1) is 0 Å². The molecule has 2 atom stereocenters. The number of nitrogens with zero attached hydrogens (tertiary/aromatic N) is 1. The summed E-state index contributed by atoms with van der Waals surface area (Å²) in [5.41, 5.74) is 0.436. The monoisotopic (exact) mass is 485 g/mol. The molecule has 0 aromatic heterocycles. The fourth-order valence-corrected chi connectivity index (χ4v) is 3.73. The molecule has 0 bridgehead atoms. The molecule has 0 radical (unpaired) electrons. The van der Waals surface area contributed by atoms with Crippen molar-refractivity contribution >= 4 is 17.9 Å². The summed E-state index contributed by atoms with van der Waals surface area (Å²) in [7, 11) is 0. The van der Waals surface area contributed by atoms with Crippen LogP contribution in [0.1, 0.15) is 91.3 Å². The molecule has 7 heteroatoms. The number of ether oxygens (including phenoxy) is 1. The van der Waals surface area contributed by atoms with Crippen molar-refractivity contribution in [2.24, 2.45) is 5.92 Å². The van der Waals surface area contributed by atoms with Crippen LogP contribution in [0.25, 0.3) is 0 Å². The van der Waals surface area contributed by atoms with Gasteiger partial charge < -0.3 is 20.3 Å². The van der Waals surface area contributed by atoms with Gasteiger partial charge in [-0.15, -0.1) is 6.42 Å². The third-order valence-corrected chi connectivity index (χ3v) is 5.40. The predicted octanol–water partition coefficient (Wildman–Crippen LogP) is 4.80. The van der Waals surface area contributed by atoms with Crippen molar-refractivity contribution in [2.45, 2.75) is 91.8 Å². The maximum absolute atomic E-state index is 13.9. The Kier molecular flexibility index (Phi) is 12.4. The molecule has 1 rings (SSSR count). The van der Waals surface area contributed by atoms with E-state index in [2.05, 4.69) is 23.5 Å². The molecule has 35 heavy (non-hydrogen) atoms. The molecule has 1 aromatic rings. The van der Waals surface area contributed by atoms with Gasteiger partial charge in [-0.3, -0.25) is 9.59 Å². The summed E-state index contributed by atoms with van der Waals surface area (Å²) < 4.78 is 5.39. The molecule has 0 aliphatic rings. The lowest BCUT2D eigenvalue weighted by molar-refractivity contribution is -0.143. The first-order chi connectivity index (χ1) is 16.5. The molecule has 1 aromatic carbocycles. The highest BCUT2D eigenvalue weighted by Gasteiger charge is 2.37. The Morgan fingerprint density at radius 1 is 1.09 bits per heavy atom. The van der Waals surface area contributed by atoms with Crippen LogP contribution in [0, 0.1) is 18.3 Å². The van der Waals surface area contributed by atoms with Gasteiger partial charge in [0.15, 0.2) is 0 Å². The Balaban J connectivity index is 3.41. The Labute approximate surface area is 211 Å². The molecule has 2 unspecified atom stereocenters. The number of hydrogen-bond donors (Lipinski definition) is 2. The summed E-state index contributed by atoms with van der Waals surface area (Å²) in [5, 5.41) is 5.71. The number of unbranched alkanes of at least 4 members (excludes halogenated alkanes) is 2. The van der Waals surface area contributed by atoms with Crippen molar-refractivity contribution < 1.29 is 19.1 Å². The Morgan fingerprint density at radius 2 is 1.74 bits per heavy atom. The second-order valence-corrected chi connectivity index (χ2v) is 10.0. The molecule has 194 valence electrons. The Bertz CT molecular complexity index is 883. The highest BCUT2D eigenvalue weighted by molar-refractivity contribution is 5.92. The number of rotatable bonds is 12. The van der Waals surface area contributed by atoms with Crippen molar-refractivity contribution in [3.63, 3.8) is 0 Å². The van der Waals surface area contributed by atoms with E-state index in [0.29, 0.717) is 30.6 Å².